The highest BCUT2D eigenvalue weighted by atomic mass is 16.5. The molecule has 2 heteroatoms. The van der Waals surface area contributed by atoms with Gasteiger partial charge in [-0.15, -0.1) is 0 Å². The molecule has 0 saturated carbocycles. The molecule has 2 atom stereocenters. The normalized spacial score (nSPS) is 22.9. The first kappa shape index (κ1) is 9.69. The summed E-state index contributed by atoms with van der Waals surface area (Å²) >= 11 is 0. The Kier molecular flexibility index (Phi) is 2.85. The third-order valence-corrected chi connectivity index (χ3v) is 3.00. The lowest BCUT2D eigenvalue weighted by atomic mass is 9.86. The summed E-state index contributed by atoms with van der Waals surface area (Å²) in [6.45, 7) is 3.64. The van der Waals surface area contributed by atoms with E-state index in [0.717, 1.165) is 19.6 Å². The summed E-state index contributed by atoms with van der Waals surface area (Å²) in [5, 5.41) is 0. The van der Waals surface area contributed by atoms with Gasteiger partial charge in [0, 0.05) is 12.0 Å². The average molecular weight is 191 g/mol. The van der Waals surface area contributed by atoms with Crippen molar-refractivity contribution in [1.82, 2.24) is 0 Å². The van der Waals surface area contributed by atoms with Gasteiger partial charge in [0.15, 0.2) is 0 Å². The highest BCUT2D eigenvalue weighted by molar-refractivity contribution is 5.32. The van der Waals surface area contributed by atoms with Crippen LogP contribution in [0.4, 0.5) is 0 Å². The number of hydrogen-bond donors (Lipinski definition) is 1. The first-order valence-electron chi connectivity index (χ1n) is 5.24. The van der Waals surface area contributed by atoms with Crippen molar-refractivity contribution in [2.75, 3.05) is 6.61 Å². The van der Waals surface area contributed by atoms with Gasteiger partial charge < -0.3 is 10.5 Å². The molecule has 2 N–H and O–H groups in total. The van der Waals surface area contributed by atoms with E-state index >= 15 is 0 Å². The van der Waals surface area contributed by atoms with Crippen molar-refractivity contribution in [2.24, 2.45) is 5.73 Å². The SMILES string of the molecule is CCC(N)C1COCc2ccccc21. The molecule has 1 aliphatic rings. The Morgan fingerprint density at radius 2 is 2.29 bits per heavy atom. The minimum absolute atomic E-state index is 0.219. The van der Waals surface area contributed by atoms with Crippen LogP contribution in [0.25, 0.3) is 0 Å². The first-order chi connectivity index (χ1) is 6.83. The molecule has 1 aromatic carbocycles. The third kappa shape index (κ3) is 1.68. The maximum absolute atomic E-state index is 6.08. The molecule has 0 aliphatic carbocycles. The number of nitrogens with two attached hydrogens (primary N) is 1. The molecule has 1 aromatic rings. The number of hydrogen-bond acceptors (Lipinski definition) is 2. The minimum atomic E-state index is 0.219. The lowest BCUT2D eigenvalue weighted by Gasteiger charge is -2.29. The second-order valence-electron chi connectivity index (χ2n) is 3.89. The Balaban J connectivity index is 2.30. The van der Waals surface area contributed by atoms with Gasteiger partial charge in [0.05, 0.1) is 13.2 Å². The number of fused-ring (bicyclic) bond motifs is 1. The van der Waals surface area contributed by atoms with Gasteiger partial charge in [-0.2, -0.15) is 0 Å². The standard InChI is InChI=1S/C12H17NO/c1-2-12(13)11-8-14-7-9-5-3-4-6-10(9)11/h3-6,11-12H,2,7-8,13H2,1H3. The molecular weight excluding hydrogens is 174 g/mol. The average Bonchev–Trinajstić information content (AvgIpc) is 2.27. The van der Waals surface area contributed by atoms with Gasteiger partial charge in [0.25, 0.3) is 0 Å². The van der Waals surface area contributed by atoms with E-state index in [-0.39, 0.29) is 6.04 Å². The Morgan fingerprint density at radius 3 is 3.07 bits per heavy atom. The van der Waals surface area contributed by atoms with Crippen molar-refractivity contribution >= 4 is 0 Å². The van der Waals surface area contributed by atoms with Gasteiger partial charge in [-0.1, -0.05) is 31.2 Å². The monoisotopic (exact) mass is 191 g/mol. The van der Waals surface area contributed by atoms with Crippen LogP contribution >= 0.6 is 0 Å². The summed E-state index contributed by atoms with van der Waals surface area (Å²) in [4.78, 5) is 0. The molecule has 0 bridgehead atoms. The molecule has 0 amide bonds. The van der Waals surface area contributed by atoms with Gasteiger partial charge >= 0.3 is 0 Å². The Labute approximate surface area is 85.1 Å². The summed E-state index contributed by atoms with van der Waals surface area (Å²) in [5.74, 6) is 0.380. The van der Waals surface area contributed by atoms with Crippen molar-refractivity contribution in [1.29, 1.82) is 0 Å². The van der Waals surface area contributed by atoms with Crippen molar-refractivity contribution in [3.8, 4) is 0 Å². The Hall–Kier alpha value is -0.860. The maximum atomic E-state index is 6.08. The zero-order valence-electron chi connectivity index (χ0n) is 8.57. The fraction of sp³-hybridized carbons (Fsp3) is 0.500. The van der Waals surface area contributed by atoms with Crippen LogP contribution in [0.1, 0.15) is 30.4 Å². The van der Waals surface area contributed by atoms with Crippen LogP contribution in [0.2, 0.25) is 0 Å². The van der Waals surface area contributed by atoms with Crippen LogP contribution in [-0.4, -0.2) is 12.6 Å². The largest absolute Gasteiger partial charge is 0.376 e. The molecule has 14 heavy (non-hydrogen) atoms. The molecule has 0 aromatic heterocycles. The summed E-state index contributed by atoms with van der Waals surface area (Å²) < 4.78 is 5.55. The molecule has 0 spiro atoms. The van der Waals surface area contributed by atoms with E-state index in [1.807, 2.05) is 0 Å². The Morgan fingerprint density at radius 1 is 1.50 bits per heavy atom. The summed E-state index contributed by atoms with van der Waals surface area (Å²) in [6, 6.07) is 8.67. The van der Waals surface area contributed by atoms with E-state index in [9.17, 15) is 0 Å². The van der Waals surface area contributed by atoms with Crippen molar-refractivity contribution in [2.45, 2.75) is 31.9 Å². The molecule has 0 radical (unpaired) electrons. The highest BCUT2D eigenvalue weighted by Crippen LogP contribution is 2.29. The predicted octanol–water partition coefficient (Wildman–Crippen LogP) is 2.04. The molecule has 0 saturated heterocycles. The molecule has 0 fully saturated rings. The molecular formula is C12H17NO. The van der Waals surface area contributed by atoms with E-state index in [4.69, 9.17) is 10.5 Å². The van der Waals surface area contributed by atoms with Gasteiger partial charge in [0.2, 0.25) is 0 Å². The van der Waals surface area contributed by atoms with Gasteiger partial charge in [-0.05, 0) is 17.5 Å². The maximum Gasteiger partial charge on any atom is 0.0719 e. The lowest BCUT2D eigenvalue weighted by Crippen LogP contribution is -2.33. The molecule has 2 nitrogen and oxygen atoms in total. The molecule has 76 valence electrons. The molecule has 2 rings (SSSR count). The Bertz CT molecular complexity index is 311. The third-order valence-electron chi connectivity index (χ3n) is 3.00. The summed E-state index contributed by atoms with van der Waals surface area (Å²) in [7, 11) is 0. The fourth-order valence-electron chi connectivity index (χ4n) is 2.05. The number of ether oxygens (including phenoxy) is 1. The van der Waals surface area contributed by atoms with E-state index in [0.29, 0.717) is 5.92 Å². The van der Waals surface area contributed by atoms with E-state index < -0.39 is 0 Å². The molecule has 1 aliphatic heterocycles. The summed E-state index contributed by atoms with van der Waals surface area (Å²) in [5.41, 5.74) is 8.76. The molecule has 1 heterocycles. The highest BCUT2D eigenvalue weighted by Gasteiger charge is 2.24. The van der Waals surface area contributed by atoms with E-state index in [1.165, 1.54) is 11.1 Å². The fourth-order valence-corrected chi connectivity index (χ4v) is 2.05. The second kappa shape index (κ2) is 4.11. The predicted molar refractivity (Wildman–Crippen MR) is 57.1 cm³/mol. The van der Waals surface area contributed by atoms with Crippen LogP contribution in [0.3, 0.4) is 0 Å². The van der Waals surface area contributed by atoms with Crippen molar-refractivity contribution in [3.05, 3.63) is 35.4 Å². The first-order valence-corrected chi connectivity index (χ1v) is 5.24. The zero-order chi connectivity index (χ0) is 9.97. The molecule has 2 unspecified atom stereocenters. The van der Waals surface area contributed by atoms with Gasteiger partial charge in [0.1, 0.15) is 0 Å². The summed E-state index contributed by atoms with van der Waals surface area (Å²) in [6.07, 6.45) is 1.00. The number of benzene rings is 1. The van der Waals surface area contributed by atoms with Crippen molar-refractivity contribution < 1.29 is 4.74 Å². The number of rotatable bonds is 2. The van der Waals surface area contributed by atoms with E-state index in [2.05, 4.69) is 31.2 Å². The quantitative estimate of drug-likeness (QED) is 0.776. The van der Waals surface area contributed by atoms with Gasteiger partial charge in [-0.3, -0.25) is 0 Å². The van der Waals surface area contributed by atoms with Crippen molar-refractivity contribution in [3.63, 3.8) is 0 Å². The lowest BCUT2D eigenvalue weighted by molar-refractivity contribution is 0.0839. The van der Waals surface area contributed by atoms with Crippen LogP contribution in [0.5, 0.6) is 0 Å². The van der Waals surface area contributed by atoms with Crippen LogP contribution in [0.15, 0.2) is 24.3 Å². The second-order valence-corrected chi connectivity index (χ2v) is 3.89. The minimum Gasteiger partial charge on any atom is -0.376 e. The van der Waals surface area contributed by atoms with Gasteiger partial charge in [-0.25, -0.2) is 0 Å². The smallest absolute Gasteiger partial charge is 0.0719 e. The van der Waals surface area contributed by atoms with E-state index in [1.54, 1.807) is 0 Å². The topological polar surface area (TPSA) is 35.2 Å². The van der Waals surface area contributed by atoms with Crippen LogP contribution in [-0.2, 0) is 11.3 Å². The van der Waals surface area contributed by atoms with Crippen LogP contribution < -0.4 is 5.73 Å². The zero-order valence-corrected chi connectivity index (χ0v) is 8.57. The van der Waals surface area contributed by atoms with Crippen LogP contribution in [0, 0.1) is 0 Å².